The van der Waals surface area contributed by atoms with Gasteiger partial charge in [-0.15, -0.1) is 0 Å². The molecule has 0 bridgehead atoms. The Labute approximate surface area is 77.5 Å². The molecule has 1 aromatic carbocycles. The Bertz CT molecular complexity index is 288. The summed E-state index contributed by atoms with van der Waals surface area (Å²) < 4.78 is 18.0. The number of benzene rings is 1. The van der Waals surface area contributed by atoms with E-state index in [4.69, 9.17) is 4.74 Å². The predicted octanol–water partition coefficient (Wildman–Crippen LogP) is 2.17. The molecule has 0 aliphatic carbocycles. The van der Waals surface area contributed by atoms with Gasteiger partial charge in [0, 0.05) is 0 Å². The van der Waals surface area contributed by atoms with E-state index in [-0.39, 0.29) is 12.4 Å². The highest BCUT2D eigenvalue weighted by atomic mass is 79.9. The molecule has 0 N–H and O–H groups in total. The molecule has 64 valence electrons. The normalized spacial score (nSPS) is 9.50. The zero-order valence-corrected chi connectivity index (χ0v) is 7.67. The van der Waals surface area contributed by atoms with Crippen LogP contribution >= 0.6 is 15.9 Å². The first kappa shape index (κ1) is 9.19. The maximum absolute atomic E-state index is 12.5. The van der Waals surface area contributed by atoms with E-state index in [2.05, 4.69) is 15.9 Å². The summed E-state index contributed by atoms with van der Waals surface area (Å²) in [4.78, 5) is 9.94. The van der Waals surface area contributed by atoms with Gasteiger partial charge in [0.05, 0.1) is 4.47 Å². The summed E-state index contributed by atoms with van der Waals surface area (Å²) in [5.41, 5.74) is 0. The Balaban J connectivity index is 2.78. The van der Waals surface area contributed by atoms with E-state index in [1.54, 1.807) is 0 Å². The molecule has 1 aromatic rings. The molecule has 0 saturated carbocycles. The second-order valence-electron chi connectivity index (χ2n) is 2.05. The maximum atomic E-state index is 12.5. The van der Waals surface area contributed by atoms with Gasteiger partial charge in [0.2, 0.25) is 0 Å². The van der Waals surface area contributed by atoms with Crippen LogP contribution in [0.5, 0.6) is 5.75 Å². The molecule has 0 saturated heterocycles. The molecule has 0 unspecified atom stereocenters. The molecule has 0 aliphatic rings. The van der Waals surface area contributed by atoms with Crippen molar-refractivity contribution < 1.29 is 13.9 Å². The molecule has 4 heteroatoms. The standard InChI is InChI=1S/C8H6BrFO2/c9-7-5-6(10)1-2-8(7)12-4-3-11/h1-3,5H,4H2. The number of hydrogen-bond donors (Lipinski definition) is 0. The highest BCUT2D eigenvalue weighted by Gasteiger charge is 2.00. The van der Waals surface area contributed by atoms with Crippen molar-refractivity contribution in [2.75, 3.05) is 6.61 Å². The predicted molar refractivity (Wildman–Crippen MR) is 45.7 cm³/mol. The van der Waals surface area contributed by atoms with Crippen LogP contribution in [-0.2, 0) is 4.79 Å². The van der Waals surface area contributed by atoms with E-state index in [1.165, 1.54) is 18.2 Å². The first-order valence-electron chi connectivity index (χ1n) is 3.25. The number of aldehydes is 1. The minimum atomic E-state index is -0.347. The lowest BCUT2D eigenvalue weighted by molar-refractivity contribution is -0.109. The monoisotopic (exact) mass is 232 g/mol. The second-order valence-corrected chi connectivity index (χ2v) is 2.91. The maximum Gasteiger partial charge on any atom is 0.157 e. The Morgan fingerprint density at radius 3 is 2.92 bits per heavy atom. The molecule has 0 heterocycles. The van der Waals surface area contributed by atoms with Crippen LogP contribution in [-0.4, -0.2) is 12.9 Å². The first-order valence-corrected chi connectivity index (χ1v) is 4.05. The first-order chi connectivity index (χ1) is 5.74. The molecule has 2 nitrogen and oxygen atoms in total. The number of carbonyl (C=O) groups excluding carboxylic acids is 1. The molecule has 0 radical (unpaired) electrons. The smallest absolute Gasteiger partial charge is 0.157 e. The third-order valence-electron chi connectivity index (χ3n) is 1.20. The van der Waals surface area contributed by atoms with Crippen molar-refractivity contribution in [3.05, 3.63) is 28.5 Å². The molecule has 12 heavy (non-hydrogen) atoms. The van der Waals surface area contributed by atoms with Crippen LogP contribution < -0.4 is 4.74 Å². The highest BCUT2D eigenvalue weighted by Crippen LogP contribution is 2.24. The molecule has 0 fully saturated rings. The summed E-state index contributed by atoms with van der Waals surface area (Å²) in [6.45, 7) is -0.0236. The van der Waals surface area contributed by atoms with Gasteiger partial charge in [-0.3, -0.25) is 4.79 Å². The van der Waals surface area contributed by atoms with Gasteiger partial charge in [0.1, 0.15) is 18.2 Å². The second kappa shape index (κ2) is 4.21. The molecule has 0 aliphatic heterocycles. The molecule has 0 spiro atoms. The molecule has 0 atom stereocenters. The number of hydrogen-bond acceptors (Lipinski definition) is 2. The van der Waals surface area contributed by atoms with Crippen LogP contribution in [0.2, 0.25) is 0 Å². The fourth-order valence-electron chi connectivity index (χ4n) is 0.716. The summed E-state index contributed by atoms with van der Waals surface area (Å²) in [6, 6.07) is 4.01. The average molecular weight is 233 g/mol. The number of ether oxygens (including phenoxy) is 1. The zero-order chi connectivity index (χ0) is 8.97. The summed E-state index contributed by atoms with van der Waals surface area (Å²) in [5.74, 6) is 0.115. The summed E-state index contributed by atoms with van der Waals surface area (Å²) >= 11 is 3.10. The van der Waals surface area contributed by atoms with E-state index < -0.39 is 0 Å². The molecule has 0 aromatic heterocycles. The third-order valence-corrected chi connectivity index (χ3v) is 1.82. The number of carbonyl (C=O) groups is 1. The minimum absolute atomic E-state index is 0.0236. The fourth-order valence-corrected chi connectivity index (χ4v) is 1.18. The third kappa shape index (κ3) is 2.30. The van der Waals surface area contributed by atoms with Crippen molar-refractivity contribution in [3.63, 3.8) is 0 Å². The van der Waals surface area contributed by atoms with Crippen molar-refractivity contribution in [2.45, 2.75) is 0 Å². The quantitative estimate of drug-likeness (QED) is 0.747. The van der Waals surface area contributed by atoms with E-state index in [0.717, 1.165) is 0 Å². The fraction of sp³-hybridized carbons (Fsp3) is 0.125. The van der Waals surface area contributed by atoms with Crippen molar-refractivity contribution in [1.82, 2.24) is 0 Å². The lowest BCUT2D eigenvalue weighted by Crippen LogP contribution is -1.98. The van der Waals surface area contributed by atoms with Crippen molar-refractivity contribution in [3.8, 4) is 5.75 Å². The van der Waals surface area contributed by atoms with Gasteiger partial charge in [-0.25, -0.2) is 4.39 Å². The summed E-state index contributed by atoms with van der Waals surface area (Å²) in [6.07, 6.45) is 0.635. The Hall–Kier alpha value is -0.900. The van der Waals surface area contributed by atoms with Crippen LogP contribution in [0.15, 0.2) is 22.7 Å². The van der Waals surface area contributed by atoms with E-state index in [9.17, 15) is 9.18 Å². The van der Waals surface area contributed by atoms with Crippen LogP contribution in [0.1, 0.15) is 0 Å². The molecule has 0 amide bonds. The largest absolute Gasteiger partial charge is 0.485 e. The average Bonchev–Trinajstić information content (AvgIpc) is 2.03. The summed E-state index contributed by atoms with van der Waals surface area (Å²) in [5, 5.41) is 0. The lowest BCUT2D eigenvalue weighted by atomic mass is 10.3. The van der Waals surface area contributed by atoms with Gasteiger partial charge in [0.25, 0.3) is 0 Å². The molecule has 1 rings (SSSR count). The number of rotatable bonds is 3. The minimum Gasteiger partial charge on any atom is -0.485 e. The van der Waals surface area contributed by atoms with E-state index >= 15 is 0 Å². The van der Waals surface area contributed by atoms with Crippen LogP contribution in [0.25, 0.3) is 0 Å². The van der Waals surface area contributed by atoms with Crippen LogP contribution in [0.4, 0.5) is 4.39 Å². The Morgan fingerprint density at radius 2 is 2.33 bits per heavy atom. The van der Waals surface area contributed by atoms with Crippen LogP contribution in [0, 0.1) is 5.82 Å². The Kier molecular flexibility index (Phi) is 3.22. The zero-order valence-electron chi connectivity index (χ0n) is 6.09. The number of halogens is 2. The lowest BCUT2D eigenvalue weighted by Gasteiger charge is -2.03. The van der Waals surface area contributed by atoms with E-state index in [1.807, 2.05) is 0 Å². The van der Waals surface area contributed by atoms with Crippen LogP contribution in [0.3, 0.4) is 0 Å². The SMILES string of the molecule is O=CCOc1ccc(F)cc1Br. The molecular weight excluding hydrogens is 227 g/mol. The summed E-state index contributed by atoms with van der Waals surface area (Å²) in [7, 11) is 0. The van der Waals surface area contributed by atoms with Crippen molar-refractivity contribution in [2.24, 2.45) is 0 Å². The van der Waals surface area contributed by atoms with E-state index in [0.29, 0.717) is 16.5 Å². The van der Waals surface area contributed by atoms with Gasteiger partial charge in [-0.1, -0.05) is 0 Å². The van der Waals surface area contributed by atoms with Gasteiger partial charge in [-0.05, 0) is 34.1 Å². The van der Waals surface area contributed by atoms with Gasteiger partial charge >= 0.3 is 0 Å². The van der Waals surface area contributed by atoms with Gasteiger partial charge < -0.3 is 4.74 Å². The van der Waals surface area contributed by atoms with Crippen molar-refractivity contribution >= 4 is 22.2 Å². The Morgan fingerprint density at radius 1 is 1.58 bits per heavy atom. The van der Waals surface area contributed by atoms with Gasteiger partial charge in [-0.2, -0.15) is 0 Å². The molecular formula is C8H6BrFO2. The van der Waals surface area contributed by atoms with Crippen molar-refractivity contribution in [1.29, 1.82) is 0 Å². The topological polar surface area (TPSA) is 26.3 Å². The highest BCUT2D eigenvalue weighted by molar-refractivity contribution is 9.10. The van der Waals surface area contributed by atoms with Gasteiger partial charge in [0.15, 0.2) is 6.29 Å².